The molecule has 0 saturated carbocycles. The molecule has 0 aliphatic rings. The first-order chi connectivity index (χ1) is 17.3. The molecule has 0 N–H and O–H groups in total. The normalized spacial score (nSPS) is 12.5. The maximum Gasteiger partial charge on any atom is 0.157 e. The van der Waals surface area contributed by atoms with Crippen LogP contribution in [0.2, 0.25) is 0 Å². The van der Waals surface area contributed by atoms with E-state index in [0.717, 1.165) is 32.7 Å². The van der Waals surface area contributed by atoms with Crippen LogP contribution in [0.1, 0.15) is 142 Å². The molecule has 0 aromatic heterocycles. The number of rotatable bonds is 26. The van der Waals surface area contributed by atoms with Crippen molar-refractivity contribution in [1.29, 1.82) is 0 Å². The van der Waals surface area contributed by atoms with Crippen LogP contribution in [-0.2, 0) is 20.8 Å². The van der Waals surface area contributed by atoms with Crippen LogP contribution in [0.4, 0.5) is 0 Å². The number of ether oxygens (including phenoxy) is 3. The lowest BCUT2D eigenvalue weighted by molar-refractivity contribution is -0.148. The maximum atomic E-state index is 6.17. The third kappa shape index (κ3) is 20.9. The van der Waals surface area contributed by atoms with Crippen LogP contribution in [-0.4, -0.2) is 25.6 Å². The highest BCUT2D eigenvalue weighted by atomic mass is 16.7. The molecule has 3 heteroatoms. The van der Waals surface area contributed by atoms with Crippen molar-refractivity contribution in [3.8, 4) is 0 Å². The zero-order valence-electron chi connectivity index (χ0n) is 23.6. The van der Waals surface area contributed by atoms with Crippen molar-refractivity contribution in [1.82, 2.24) is 0 Å². The molecule has 1 unspecified atom stereocenters. The van der Waals surface area contributed by atoms with Gasteiger partial charge in [0.1, 0.15) is 0 Å². The molecule has 0 heterocycles. The molecule has 0 bridgehead atoms. The molecule has 1 rings (SSSR count). The van der Waals surface area contributed by atoms with Gasteiger partial charge < -0.3 is 14.2 Å². The van der Waals surface area contributed by atoms with E-state index >= 15 is 0 Å². The van der Waals surface area contributed by atoms with Crippen molar-refractivity contribution in [2.24, 2.45) is 0 Å². The molecule has 1 aromatic rings. The summed E-state index contributed by atoms with van der Waals surface area (Å²) in [6, 6.07) is 10.5. The van der Waals surface area contributed by atoms with Crippen LogP contribution in [0, 0.1) is 0 Å². The van der Waals surface area contributed by atoms with E-state index in [1.807, 2.05) is 0 Å². The second-order valence-electron chi connectivity index (χ2n) is 10.3. The highest BCUT2D eigenvalue weighted by Gasteiger charge is 2.10. The molecule has 0 aliphatic heterocycles. The van der Waals surface area contributed by atoms with Gasteiger partial charge in [-0.15, -0.1) is 0 Å². The standard InChI is InChI=1S/C32H58O3/c1-4-6-8-10-14-21-27-33-32(34-28-22-15-11-9-7-5-2)26-20-13-12-17-23-30(3)35-29-31-24-18-16-19-25-31/h16,18-19,24-25,30,32H,4-15,17,20-23,26-29H2,1-3H3. The molecule has 0 fully saturated rings. The molecular weight excluding hydrogens is 432 g/mol. The van der Waals surface area contributed by atoms with Crippen LogP contribution >= 0.6 is 0 Å². The van der Waals surface area contributed by atoms with Crippen LogP contribution in [0.3, 0.4) is 0 Å². The summed E-state index contributed by atoms with van der Waals surface area (Å²) in [5.41, 5.74) is 1.26. The predicted octanol–water partition coefficient (Wildman–Crippen LogP) is 10.0. The molecule has 0 saturated heterocycles. The Morgan fingerprint density at radius 1 is 0.543 bits per heavy atom. The Bertz CT molecular complexity index is 515. The molecule has 35 heavy (non-hydrogen) atoms. The highest BCUT2D eigenvalue weighted by Crippen LogP contribution is 2.15. The van der Waals surface area contributed by atoms with Gasteiger partial charge in [-0.25, -0.2) is 0 Å². The third-order valence-corrected chi connectivity index (χ3v) is 6.78. The monoisotopic (exact) mass is 490 g/mol. The number of unbranched alkanes of at least 4 members (excludes halogenated alkanes) is 13. The van der Waals surface area contributed by atoms with Crippen LogP contribution < -0.4 is 0 Å². The minimum absolute atomic E-state index is 0.00517. The van der Waals surface area contributed by atoms with E-state index in [1.165, 1.54) is 108 Å². The van der Waals surface area contributed by atoms with Crippen molar-refractivity contribution >= 4 is 0 Å². The van der Waals surface area contributed by atoms with Crippen molar-refractivity contribution in [2.75, 3.05) is 13.2 Å². The van der Waals surface area contributed by atoms with E-state index in [4.69, 9.17) is 14.2 Å². The topological polar surface area (TPSA) is 27.7 Å². The molecular formula is C32H58O3. The quantitative estimate of drug-likeness (QED) is 0.0954. The summed E-state index contributed by atoms with van der Waals surface area (Å²) in [5.74, 6) is 0. The molecule has 0 amide bonds. The largest absolute Gasteiger partial charge is 0.374 e. The number of hydrogen-bond donors (Lipinski definition) is 0. The Hall–Kier alpha value is -0.900. The van der Waals surface area contributed by atoms with Gasteiger partial charge in [0.25, 0.3) is 0 Å². The van der Waals surface area contributed by atoms with Gasteiger partial charge in [-0.2, -0.15) is 0 Å². The SMILES string of the molecule is CCCCCCCCOC(CCCCCCC(C)OCc1ccccc1)OCCCCCCCC. The van der Waals surface area contributed by atoms with Gasteiger partial charge in [0.15, 0.2) is 6.29 Å². The van der Waals surface area contributed by atoms with E-state index in [2.05, 4.69) is 51.1 Å². The second kappa shape index (κ2) is 24.8. The summed E-state index contributed by atoms with van der Waals surface area (Å²) < 4.78 is 18.3. The Balaban J connectivity index is 2.12. The lowest BCUT2D eigenvalue weighted by atomic mass is 10.1. The van der Waals surface area contributed by atoms with Gasteiger partial charge in [-0.1, -0.05) is 128 Å². The molecule has 3 nitrogen and oxygen atoms in total. The second-order valence-corrected chi connectivity index (χ2v) is 10.3. The van der Waals surface area contributed by atoms with Crippen molar-refractivity contribution in [2.45, 2.75) is 155 Å². The lowest BCUT2D eigenvalue weighted by Gasteiger charge is -2.19. The van der Waals surface area contributed by atoms with Crippen molar-refractivity contribution in [3.63, 3.8) is 0 Å². The first-order valence-electron chi connectivity index (χ1n) is 15.1. The third-order valence-electron chi connectivity index (χ3n) is 6.78. The fourth-order valence-corrected chi connectivity index (χ4v) is 4.40. The Kier molecular flexibility index (Phi) is 22.7. The molecule has 0 radical (unpaired) electrons. The van der Waals surface area contributed by atoms with Gasteiger partial charge >= 0.3 is 0 Å². The van der Waals surface area contributed by atoms with Gasteiger partial charge in [0, 0.05) is 13.2 Å². The summed E-state index contributed by atoms with van der Waals surface area (Å²) in [6.45, 7) is 9.17. The minimum Gasteiger partial charge on any atom is -0.374 e. The van der Waals surface area contributed by atoms with E-state index < -0.39 is 0 Å². The number of hydrogen-bond acceptors (Lipinski definition) is 3. The first-order valence-corrected chi connectivity index (χ1v) is 15.1. The smallest absolute Gasteiger partial charge is 0.157 e. The molecule has 1 atom stereocenters. The highest BCUT2D eigenvalue weighted by molar-refractivity contribution is 5.13. The summed E-state index contributed by atoms with van der Waals surface area (Å²) >= 11 is 0. The maximum absolute atomic E-state index is 6.17. The average molecular weight is 491 g/mol. The van der Waals surface area contributed by atoms with E-state index in [9.17, 15) is 0 Å². The van der Waals surface area contributed by atoms with Gasteiger partial charge in [-0.3, -0.25) is 0 Å². The first kappa shape index (κ1) is 32.1. The van der Waals surface area contributed by atoms with Crippen LogP contribution in [0.5, 0.6) is 0 Å². The zero-order valence-corrected chi connectivity index (χ0v) is 23.6. The minimum atomic E-state index is -0.00517. The molecule has 0 spiro atoms. The van der Waals surface area contributed by atoms with Crippen LogP contribution in [0.25, 0.3) is 0 Å². The zero-order chi connectivity index (χ0) is 25.2. The van der Waals surface area contributed by atoms with E-state index in [1.54, 1.807) is 0 Å². The van der Waals surface area contributed by atoms with Crippen molar-refractivity contribution in [3.05, 3.63) is 35.9 Å². The van der Waals surface area contributed by atoms with Crippen molar-refractivity contribution < 1.29 is 14.2 Å². The summed E-state index contributed by atoms with van der Waals surface area (Å²) in [5, 5.41) is 0. The van der Waals surface area contributed by atoms with E-state index in [-0.39, 0.29) is 6.29 Å². The summed E-state index contributed by atoms with van der Waals surface area (Å²) in [6.07, 6.45) is 23.1. The lowest BCUT2D eigenvalue weighted by Crippen LogP contribution is -2.19. The Labute approximate surface area is 218 Å². The predicted molar refractivity (Wildman–Crippen MR) is 151 cm³/mol. The fraction of sp³-hybridized carbons (Fsp3) is 0.812. The molecule has 0 aliphatic carbocycles. The Morgan fingerprint density at radius 2 is 1.03 bits per heavy atom. The molecule has 204 valence electrons. The average Bonchev–Trinajstić information content (AvgIpc) is 2.88. The molecule has 1 aromatic carbocycles. The van der Waals surface area contributed by atoms with Gasteiger partial charge in [0.2, 0.25) is 0 Å². The van der Waals surface area contributed by atoms with E-state index in [0.29, 0.717) is 6.10 Å². The number of benzene rings is 1. The summed E-state index contributed by atoms with van der Waals surface area (Å²) in [7, 11) is 0. The fourth-order valence-electron chi connectivity index (χ4n) is 4.40. The van der Waals surface area contributed by atoms with Gasteiger partial charge in [-0.05, 0) is 44.6 Å². The Morgan fingerprint density at radius 3 is 1.60 bits per heavy atom. The summed E-state index contributed by atoms with van der Waals surface area (Å²) in [4.78, 5) is 0. The van der Waals surface area contributed by atoms with Crippen LogP contribution in [0.15, 0.2) is 30.3 Å². The van der Waals surface area contributed by atoms with Gasteiger partial charge in [0.05, 0.1) is 12.7 Å².